The second-order valence-corrected chi connectivity index (χ2v) is 5.54. The van der Waals surface area contributed by atoms with Crippen molar-refractivity contribution in [3.05, 3.63) is 40.2 Å². The first kappa shape index (κ1) is 14.2. The maximum absolute atomic E-state index is 11.8. The molecule has 5 nitrogen and oxygen atoms in total. The zero-order valence-electron chi connectivity index (χ0n) is 10.9. The Kier molecular flexibility index (Phi) is 4.47. The largest absolute Gasteiger partial charge is 0.504 e. The standard InChI is InChI=1S/C14H14N2O3S/c1-9-4-6-12(20-9)10(17)5-7-13(19)16-14-11(18)3-2-8-15-14/h2-4,6,8,18H,5,7H2,1H3,(H,15,16,19). The van der Waals surface area contributed by atoms with Gasteiger partial charge in [0.05, 0.1) is 4.88 Å². The SMILES string of the molecule is Cc1ccc(C(=O)CCC(=O)Nc2ncccc2O)s1. The first-order valence-corrected chi connectivity index (χ1v) is 6.91. The maximum Gasteiger partial charge on any atom is 0.226 e. The minimum Gasteiger partial charge on any atom is -0.504 e. The fraction of sp³-hybridized carbons (Fsp3) is 0.214. The molecule has 0 fully saturated rings. The van der Waals surface area contributed by atoms with Crippen LogP contribution in [0.4, 0.5) is 5.82 Å². The zero-order valence-corrected chi connectivity index (χ0v) is 11.7. The number of hydrogen-bond donors (Lipinski definition) is 2. The second kappa shape index (κ2) is 6.29. The first-order chi connectivity index (χ1) is 9.56. The summed E-state index contributed by atoms with van der Waals surface area (Å²) in [6.07, 6.45) is 1.67. The molecule has 0 aliphatic carbocycles. The van der Waals surface area contributed by atoms with Crippen LogP contribution in [-0.2, 0) is 4.79 Å². The molecule has 0 atom stereocenters. The number of carbonyl (C=O) groups excluding carboxylic acids is 2. The molecule has 0 saturated heterocycles. The number of amides is 1. The van der Waals surface area contributed by atoms with Gasteiger partial charge in [0, 0.05) is 23.9 Å². The average Bonchev–Trinajstić information content (AvgIpc) is 2.85. The fourth-order valence-electron chi connectivity index (χ4n) is 1.62. The molecular formula is C14H14N2O3S. The molecule has 2 aromatic heterocycles. The molecular weight excluding hydrogens is 276 g/mol. The number of aromatic hydroxyl groups is 1. The molecule has 2 rings (SSSR count). The molecule has 0 saturated carbocycles. The molecule has 2 N–H and O–H groups in total. The number of anilines is 1. The Morgan fingerprint density at radius 2 is 2.10 bits per heavy atom. The van der Waals surface area contributed by atoms with Crippen molar-refractivity contribution in [1.29, 1.82) is 0 Å². The van der Waals surface area contributed by atoms with Crippen LogP contribution in [0.5, 0.6) is 5.75 Å². The highest BCUT2D eigenvalue weighted by Crippen LogP contribution is 2.20. The van der Waals surface area contributed by atoms with Crippen LogP contribution in [0.2, 0.25) is 0 Å². The lowest BCUT2D eigenvalue weighted by molar-refractivity contribution is -0.116. The lowest BCUT2D eigenvalue weighted by atomic mass is 10.2. The Labute approximate surface area is 120 Å². The predicted octanol–water partition coefficient (Wildman–Crippen LogP) is 2.76. The Balaban J connectivity index is 1.87. The van der Waals surface area contributed by atoms with E-state index in [1.54, 1.807) is 12.1 Å². The summed E-state index contributed by atoms with van der Waals surface area (Å²) in [6, 6.07) is 6.64. The molecule has 0 aliphatic heterocycles. The molecule has 2 heterocycles. The molecule has 0 radical (unpaired) electrons. The quantitative estimate of drug-likeness (QED) is 0.830. The normalized spacial score (nSPS) is 10.2. The summed E-state index contributed by atoms with van der Waals surface area (Å²) in [6.45, 7) is 1.93. The summed E-state index contributed by atoms with van der Waals surface area (Å²) in [4.78, 5) is 29.1. The molecule has 20 heavy (non-hydrogen) atoms. The van der Waals surface area contributed by atoms with E-state index < -0.39 is 0 Å². The third-order valence-electron chi connectivity index (χ3n) is 2.64. The maximum atomic E-state index is 11.8. The van der Waals surface area contributed by atoms with Gasteiger partial charge in [-0.3, -0.25) is 9.59 Å². The van der Waals surface area contributed by atoms with E-state index in [1.165, 1.54) is 23.6 Å². The molecule has 0 aromatic carbocycles. The monoisotopic (exact) mass is 290 g/mol. The summed E-state index contributed by atoms with van der Waals surface area (Å²) in [5.74, 6) is -0.387. The highest BCUT2D eigenvalue weighted by molar-refractivity contribution is 7.14. The van der Waals surface area contributed by atoms with Gasteiger partial charge >= 0.3 is 0 Å². The van der Waals surface area contributed by atoms with Crippen molar-refractivity contribution in [3.8, 4) is 5.75 Å². The molecule has 0 spiro atoms. The summed E-state index contributed by atoms with van der Waals surface area (Å²) < 4.78 is 0. The number of carbonyl (C=O) groups is 2. The second-order valence-electron chi connectivity index (χ2n) is 4.25. The summed E-state index contributed by atoms with van der Waals surface area (Å²) in [5, 5.41) is 11.9. The van der Waals surface area contributed by atoms with Gasteiger partial charge in [-0.1, -0.05) is 0 Å². The smallest absolute Gasteiger partial charge is 0.226 e. The molecule has 0 bridgehead atoms. The number of nitrogens with one attached hydrogen (secondary N) is 1. The number of aromatic nitrogens is 1. The van der Waals surface area contributed by atoms with Gasteiger partial charge in [0.15, 0.2) is 17.4 Å². The van der Waals surface area contributed by atoms with Gasteiger partial charge in [-0.2, -0.15) is 0 Å². The predicted molar refractivity (Wildman–Crippen MR) is 77.2 cm³/mol. The van der Waals surface area contributed by atoms with E-state index in [2.05, 4.69) is 10.3 Å². The molecule has 0 unspecified atom stereocenters. The Hall–Kier alpha value is -2.21. The van der Waals surface area contributed by atoms with Crippen LogP contribution in [0.15, 0.2) is 30.5 Å². The van der Waals surface area contributed by atoms with Crippen LogP contribution < -0.4 is 5.32 Å². The van der Waals surface area contributed by atoms with Crippen LogP contribution >= 0.6 is 11.3 Å². The van der Waals surface area contributed by atoms with E-state index in [-0.39, 0.29) is 36.1 Å². The molecule has 104 valence electrons. The minimum absolute atomic E-state index is 0.0523. The van der Waals surface area contributed by atoms with E-state index >= 15 is 0 Å². The van der Waals surface area contributed by atoms with E-state index in [0.717, 1.165) is 4.88 Å². The lowest BCUT2D eigenvalue weighted by Gasteiger charge is -2.05. The van der Waals surface area contributed by atoms with E-state index in [1.807, 2.05) is 13.0 Å². The summed E-state index contributed by atoms with van der Waals surface area (Å²) in [7, 11) is 0. The van der Waals surface area contributed by atoms with Gasteiger partial charge in [0.1, 0.15) is 0 Å². The third-order valence-corrected chi connectivity index (χ3v) is 3.68. The van der Waals surface area contributed by atoms with Crippen molar-refractivity contribution in [3.63, 3.8) is 0 Å². The number of ketones is 1. The number of aryl methyl sites for hydroxylation is 1. The Bertz CT molecular complexity index is 637. The molecule has 6 heteroatoms. The van der Waals surface area contributed by atoms with Gasteiger partial charge < -0.3 is 10.4 Å². The average molecular weight is 290 g/mol. The fourth-order valence-corrected chi connectivity index (χ4v) is 2.46. The Morgan fingerprint density at radius 1 is 1.30 bits per heavy atom. The van der Waals surface area contributed by atoms with Crippen LogP contribution in [0.25, 0.3) is 0 Å². The van der Waals surface area contributed by atoms with Crippen LogP contribution in [0.1, 0.15) is 27.4 Å². The van der Waals surface area contributed by atoms with Crippen molar-refractivity contribution in [2.24, 2.45) is 0 Å². The highest BCUT2D eigenvalue weighted by atomic mass is 32.1. The van der Waals surface area contributed by atoms with E-state index in [0.29, 0.717) is 4.88 Å². The Morgan fingerprint density at radius 3 is 2.75 bits per heavy atom. The van der Waals surface area contributed by atoms with Crippen molar-refractivity contribution in [2.75, 3.05) is 5.32 Å². The van der Waals surface area contributed by atoms with Gasteiger partial charge in [-0.25, -0.2) is 4.98 Å². The summed E-state index contributed by atoms with van der Waals surface area (Å²) in [5.41, 5.74) is 0. The van der Waals surface area contributed by atoms with Crippen molar-refractivity contribution >= 4 is 28.8 Å². The topological polar surface area (TPSA) is 79.3 Å². The van der Waals surface area contributed by atoms with Crippen molar-refractivity contribution in [2.45, 2.75) is 19.8 Å². The molecule has 0 aliphatic rings. The highest BCUT2D eigenvalue weighted by Gasteiger charge is 2.12. The van der Waals surface area contributed by atoms with Crippen LogP contribution in [-0.4, -0.2) is 21.8 Å². The number of nitrogens with zero attached hydrogens (tertiary/aromatic N) is 1. The van der Waals surface area contributed by atoms with Crippen molar-refractivity contribution < 1.29 is 14.7 Å². The molecule has 2 aromatic rings. The number of Topliss-reactive ketones (excluding diaryl/α,β-unsaturated/α-hetero) is 1. The van der Waals surface area contributed by atoms with E-state index in [4.69, 9.17) is 0 Å². The number of pyridine rings is 1. The van der Waals surface area contributed by atoms with Gasteiger partial charge in [0.25, 0.3) is 0 Å². The third kappa shape index (κ3) is 3.64. The zero-order chi connectivity index (χ0) is 14.5. The molecule has 1 amide bonds. The number of hydrogen-bond acceptors (Lipinski definition) is 5. The van der Waals surface area contributed by atoms with Gasteiger partial charge in [0.2, 0.25) is 5.91 Å². The van der Waals surface area contributed by atoms with Gasteiger partial charge in [-0.05, 0) is 31.2 Å². The first-order valence-electron chi connectivity index (χ1n) is 6.10. The number of rotatable bonds is 5. The van der Waals surface area contributed by atoms with E-state index in [9.17, 15) is 14.7 Å². The summed E-state index contributed by atoms with van der Waals surface area (Å²) >= 11 is 1.42. The van der Waals surface area contributed by atoms with Crippen molar-refractivity contribution in [1.82, 2.24) is 4.98 Å². The van der Waals surface area contributed by atoms with Crippen LogP contribution in [0.3, 0.4) is 0 Å². The lowest BCUT2D eigenvalue weighted by Crippen LogP contribution is -2.14. The number of thiophene rings is 1. The van der Waals surface area contributed by atoms with Gasteiger partial charge in [-0.15, -0.1) is 11.3 Å². The minimum atomic E-state index is -0.347. The van der Waals surface area contributed by atoms with Crippen LogP contribution in [0, 0.1) is 6.92 Å².